The summed E-state index contributed by atoms with van der Waals surface area (Å²) >= 11 is 4.88. The highest BCUT2D eigenvalue weighted by Crippen LogP contribution is 2.42. The number of aryl methyl sites for hydroxylation is 1. The minimum Gasteiger partial charge on any atom is -0.424 e. The average molecular weight is 569 g/mol. The molecule has 0 aliphatic carbocycles. The first kappa shape index (κ1) is 35.6. The van der Waals surface area contributed by atoms with Crippen LogP contribution in [0.25, 0.3) is 0 Å². The normalized spacial score (nSPS) is 12.3. The number of rotatable bonds is 23. The van der Waals surface area contributed by atoms with E-state index in [-0.39, 0.29) is 0 Å². The van der Waals surface area contributed by atoms with E-state index in [2.05, 4.69) is 47.6 Å². The van der Waals surface area contributed by atoms with Crippen molar-refractivity contribution in [2.75, 3.05) is 0 Å². The Kier molecular flexibility index (Phi) is 19.2. The second kappa shape index (κ2) is 20.5. The van der Waals surface area contributed by atoms with E-state index in [0.29, 0.717) is 5.75 Å². The minimum atomic E-state index is -3.77. The SMILES string of the molecule is CC(C)CCCCCCc1ccc(OP(O)(O)=S)c(CCCCCCC(C)C)c1CCCCCCC(C)C. The van der Waals surface area contributed by atoms with Gasteiger partial charge in [0.15, 0.2) is 0 Å². The van der Waals surface area contributed by atoms with Gasteiger partial charge in [0.2, 0.25) is 0 Å². The van der Waals surface area contributed by atoms with Crippen molar-refractivity contribution >= 4 is 18.5 Å². The zero-order chi connectivity index (χ0) is 28.4. The number of benzene rings is 1. The molecule has 1 aromatic carbocycles. The first-order valence-corrected chi connectivity index (χ1v) is 18.5. The number of hydrogen-bond donors (Lipinski definition) is 2. The Labute approximate surface area is 241 Å². The summed E-state index contributed by atoms with van der Waals surface area (Å²) in [5, 5.41) is 0. The Morgan fingerprint density at radius 2 is 0.974 bits per heavy atom. The molecule has 0 spiro atoms. The van der Waals surface area contributed by atoms with Gasteiger partial charge in [0.1, 0.15) is 5.75 Å². The molecule has 0 bridgehead atoms. The first-order valence-electron chi connectivity index (χ1n) is 15.9. The Bertz CT molecular complexity index is 785. The van der Waals surface area contributed by atoms with Crippen molar-refractivity contribution in [1.82, 2.24) is 0 Å². The van der Waals surface area contributed by atoms with E-state index in [1.54, 1.807) is 0 Å². The van der Waals surface area contributed by atoms with E-state index in [4.69, 9.17) is 16.3 Å². The fourth-order valence-electron chi connectivity index (χ4n) is 5.39. The zero-order valence-electron chi connectivity index (χ0n) is 25.8. The maximum Gasteiger partial charge on any atom is 0.375 e. The maximum absolute atomic E-state index is 9.99. The topological polar surface area (TPSA) is 49.7 Å². The summed E-state index contributed by atoms with van der Waals surface area (Å²) in [5.41, 5.74) is 4.02. The van der Waals surface area contributed by atoms with Crippen molar-refractivity contribution < 1.29 is 14.3 Å². The third-order valence-corrected chi connectivity index (χ3v) is 8.25. The van der Waals surface area contributed by atoms with E-state index in [0.717, 1.165) is 43.4 Å². The van der Waals surface area contributed by atoms with Crippen LogP contribution in [0.3, 0.4) is 0 Å². The summed E-state index contributed by atoms with van der Waals surface area (Å²) in [6.45, 7) is 10.0. The predicted molar refractivity (Wildman–Crippen MR) is 171 cm³/mol. The van der Waals surface area contributed by atoms with Gasteiger partial charge >= 0.3 is 6.72 Å². The summed E-state index contributed by atoms with van der Waals surface area (Å²) < 4.78 is 5.63. The van der Waals surface area contributed by atoms with E-state index in [1.807, 2.05) is 6.07 Å². The van der Waals surface area contributed by atoms with Crippen molar-refractivity contribution in [2.24, 2.45) is 17.8 Å². The molecule has 1 rings (SSSR count). The molecule has 0 unspecified atom stereocenters. The summed E-state index contributed by atoms with van der Waals surface area (Å²) in [5.74, 6) is 2.94. The molecule has 5 heteroatoms. The molecule has 0 fully saturated rings. The van der Waals surface area contributed by atoms with Gasteiger partial charge in [-0.15, -0.1) is 0 Å². The van der Waals surface area contributed by atoms with Crippen molar-refractivity contribution in [3.8, 4) is 5.75 Å². The van der Waals surface area contributed by atoms with E-state index < -0.39 is 6.72 Å². The van der Waals surface area contributed by atoms with Crippen LogP contribution in [0.2, 0.25) is 0 Å². The first-order chi connectivity index (χ1) is 18.0. The van der Waals surface area contributed by atoms with Gasteiger partial charge in [-0.25, -0.2) is 0 Å². The largest absolute Gasteiger partial charge is 0.424 e. The Morgan fingerprint density at radius 1 is 0.579 bits per heavy atom. The summed E-state index contributed by atoms with van der Waals surface area (Å²) in [7, 11) is 0. The molecular weight excluding hydrogens is 507 g/mol. The zero-order valence-corrected chi connectivity index (χ0v) is 27.5. The van der Waals surface area contributed by atoms with Gasteiger partial charge in [-0.1, -0.05) is 125 Å². The molecular formula is C33H61O3PS. The summed E-state index contributed by atoms with van der Waals surface area (Å²) in [6, 6.07) is 4.14. The molecule has 38 heavy (non-hydrogen) atoms. The standard InChI is InChI=1S/C33H61O3PS/c1-27(2)19-13-7-10-16-22-30-25-26-33(36-37(34,35)38)32(24-18-12-9-15-21-29(5)6)31(30)23-17-11-8-14-20-28(3)4/h25-29H,7-24H2,1-6H3,(H2,34,35,38). The molecule has 2 N–H and O–H groups in total. The summed E-state index contributed by atoms with van der Waals surface area (Å²) in [4.78, 5) is 20.0. The van der Waals surface area contributed by atoms with Gasteiger partial charge in [0.25, 0.3) is 0 Å². The molecule has 0 atom stereocenters. The van der Waals surface area contributed by atoms with Crippen LogP contribution in [0.4, 0.5) is 0 Å². The lowest BCUT2D eigenvalue weighted by atomic mass is 9.89. The fraction of sp³-hybridized carbons (Fsp3) is 0.818. The van der Waals surface area contributed by atoms with Crippen molar-refractivity contribution in [2.45, 2.75) is 157 Å². The Morgan fingerprint density at radius 3 is 1.39 bits per heavy atom. The van der Waals surface area contributed by atoms with E-state index in [1.165, 1.54) is 107 Å². The van der Waals surface area contributed by atoms with Crippen LogP contribution in [0.15, 0.2) is 12.1 Å². The second-order valence-corrected chi connectivity index (χ2v) is 15.4. The number of hydrogen-bond acceptors (Lipinski definition) is 2. The van der Waals surface area contributed by atoms with Crippen LogP contribution in [0.1, 0.15) is 155 Å². The lowest BCUT2D eigenvalue weighted by Crippen LogP contribution is -2.05. The number of unbranched alkanes of at least 4 members (excludes halogenated alkanes) is 9. The molecule has 0 aliphatic rings. The van der Waals surface area contributed by atoms with Crippen molar-refractivity contribution in [3.05, 3.63) is 28.8 Å². The molecule has 0 aromatic heterocycles. The van der Waals surface area contributed by atoms with Gasteiger partial charge in [-0.2, -0.15) is 0 Å². The second-order valence-electron chi connectivity index (χ2n) is 12.8. The van der Waals surface area contributed by atoms with Gasteiger partial charge < -0.3 is 14.3 Å². The third-order valence-electron chi connectivity index (χ3n) is 7.60. The van der Waals surface area contributed by atoms with Crippen molar-refractivity contribution in [1.29, 1.82) is 0 Å². The molecule has 0 amide bonds. The molecule has 0 saturated carbocycles. The highest BCUT2D eigenvalue weighted by Gasteiger charge is 2.19. The Hall–Kier alpha value is -0.410. The quantitative estimate of drug-likeness (QED) is 0.102. The van der Waals surface area contributed by atoms with E-state index >= 15 is 0 Å². The molecule has 0 aliphatic heterocycles. The summed E-state index contributed by atoms with van der Waals surface area (Å²) in [6.07, 6.45) is 22.0. The van der Waals surface area contributed by atoms with Crippen LogP contribution < -0.4 is 4.52 Å². The molecule has 0 radical (unpaired) electrons. The van der Waals surface area contributed by atoms with Crippen LogP contribution in [0.5, 0.6) is 5.75 Å². The predicted octanol–water partition coefficient (Wildman–Crippen LogP) is 10.7. The van der Waals surface area contributed by atoms with Gasteiger partial charge in [0, 0.05) is 11.8 Å². The van der Waals surface area contributed by atoms with Crippen LogP contribution in [0, 0.1) is 17.8 Å². The minimum absolute atomic E-state index is 0.607. The molecule has 0 saturated heterocycles. The van der Waals surface area contributed by atoms with Crippen molar-refractivity contribution in [3.63, 3.8) is 0 Å². The van der Waals surface area contributed by atoms with Crippen LogP contribution in [-0.4, -0.2) is 9.79 Å². The van der Waals surface area contributed by atoms with Gasteiger partial charge in [-0.05, 0) is 79.0 Å². The average Bonchev–Trinajstić information content (AvgIpc) is 2.81. The third kappa shape index (κ3) is 18.0. The van der Waals surface area contributed by atoms with Gasteiger partial charge in [0.05, 0.1) is 0 Å². The molecule has 1 aromatic rings. The van der Waals surface area contributed by atoms with Crippen LogP contribution >= 0.6 is 6.72 Å². The monoisotopic (exact) mass is 568 g/mol. The smallest absolute Gasteiger partial charge is 0.375 e. The molecule has 0 heterocycles. The molecule has 222 valence electrons. The highest BCUT2D eigenvalue weighted by atomic mass is 32.5. The molecule has 3 nitrogen and oxygen atoms in total. The lowest BCUT2D eigenvalue weighted by Gasteiger charge is -2.21. The van der Waals surface area contributed by atoms with Crippen LogP contribution in [-0.2, 0) is 31.1 Å². The Balaban J connectivity index is 2.97. The highest BCUT2D eigenvalue weighted by molar-refractivity contribution is 8.06. The maximum atomic E-state index is 9.99. The lowest BCUT2D eigenvalue weighted by molar-refractivity contribution is 0.368. The van der Waals surface area contributed by atoms with Gasteiger partial charge in [-0.3, -0.25) is 0 Å². The van der Waals surface area contributed by atoms with E-state index in [9.17, 15) is 9.79 Å². The fourth-order valence-corrected chi connectivity index (χ4v) is 6.06.